The highest BCUT2D eigenvalue weighted by Crippen LogP contribution is 2.24. The van der Waals surface area contributed by atoms with Crippen LogP contribution in [-0.2, 0) is 0 Å². The maximum absolute atomic E-state index is 3.54. The molecule has 15 heavy (non-hydrogen) atoms. The number of thioether (sulfide) groups is 1. The molecule has 1 fully saturated rings. The lowest BCUT2D eigenvalue weighted by molar-refractivity contribution is 0.435. The van der Waals surface area contributed by atoms with E-state index in [1.807, 2.05) is 0 Å². The van der Waals surface area contributed by atoms with Crippen molar-refractivity contribution in [1.82, 2.24) is 10.6 Å². The normalized spacial score (nSPS) is 18.2. The molecule has 2 nitrogen and oxygen atoms in total. The van der Waals surface area contributed by atoms with E-state index in [9.17, 15) is 0 Å². The predicted molar refractivity (Wildman–Crippen MR) is 70.7 cm³/mol. The highest BCUT2D eigenvalue weighted by Gasteiger charge is 2.12. The maximum Gasteiger partial charge on any atom is -0.00368 e. The predicted octanol–water partition coefficient (Wildman–Crippen LogP) is 2.11. The lowest BCUT2D eigenvalue weighted by Gasteiger charge is -2.21. The van der Waals surface area contributed by atoms with Crippen LogP contribution < -0.4 is 10.6 Å². The molecule has 0 amide bonds. The van der Waals surface area contributed by atoms with E-state index in [4.69, 9.17) is 0 Å². The molecule has 3 heteroatoms. The molecule has 1 aliphatic rings. The fourth-order valence-corrected chi connectivity index (χ4v) is 3.19. The fourth-order valence-electron chi connectivity index (χ4n) is 1.98. The number of nitrogens with one attached hydrogen (secondary N) is 2. The molecule has 90 valence electrons. The molecule has 1 heterocycles. The zero-order valence-corrected chi connectivity index (χ0v) is 10.9. The van der Waals surface area contributed by atoms with Crippen LogP contribution in [0.1, 0.15) is 32.6 Å². The molecule has 0 bridgehead atoms. The van der Waals surface area contributed by atoms with Gasteiger partial charge in [-0.2, -0.15) is 11.8 Å². The minimum atomic E-state index is 1.01. The first-order valence-corrected chi connectivity index (χ1v) is 7.58. The molecule has 0 unspecified atom stereocenters. The number of hydrogen-bond donors (Lipinski definition) is 2. The van der Waals surface area contributed by atoms with E-state index in [-0.39, 0.29) is 0 Å². The van der Waals surface area contributed by atoms with Crippen LogP contribution in [0.5, 0.6) is 0 Å². The van der Waals surface area contributed by atoms with E-state index in [2.05, 4.69) is 29.3 Å². The molecule has 1 saturated heterocycles. The van der Waals surface area contributed by atoms with Crippen LogP contribution >= 0.6 is 11.8 Å². The van der Waals surface area contributed by atoms with Gasteiger partial charge in [-0.15, -0.1) is 0 Å². The van der Waals surface area contributed by atoms with Crippen LogP contribution in [0.25, 0.3) is 0 Å². The van der Waals surface area contributed by atoms with Gasteiger partial charge in [0.25, 0.3) is 0 Å². The van der Waals surface area contributed by atoms with E-state index in [1.165, 1.54) is 50.3 Å². The quantitative estimate of drug-likeness (QED) is 0.625. The summed E-state index contributed by atoms with van der Waals surface area (Å²) in [6.45, 7) is 6.81. The van der Waals surface area contributed by atoms with Crippen molar-refractivity contribution in [1.29, 1.82) is 0 Å². The number of hydrogen-bond acceptors (Lipinski definition) is 3. The first-order valence-electron chi connectivity index (χ1n) is 6.42. The van der Waals surface area contributed by atoms with E-state index in [1.54, 1.807) is 0 Å². The molecular formula is C12H26N2S. The summed E-state index contributed by atoms with van der Waals surface area (Å²) in [6, 6.07) is 0. The summed E-state index contributed by atoms with van der Waals surface area (Å²) in [6.07, 6.45) is 5.55. The fraction of sp³-hybridized carbons (Fsp3) is 1.00. The van der Waals surface area contributed by atoms with Crippen LogP contribution in [0.2, 0.25) is 0 Å². The minimum Gasteiger partial charge on any atom is -0.317 e. The first kappa shape index (κ1) is 13.3. The molecule has 0 radical (unpaired) electrons. The van der Waals surface area contributed by atoms with Crippen LogP contribution in [0.3, 0.4) is 0 Å². The molecule has 1 rings (SSSR count). The average Bonchev–Trinajstić information content (AvgIpc) is 2.29. The van der Waals surface area contributed by atoms with Crippen molar-refractivity contribution in [2.24, 2.45) is 5.92 Å². The van der Waals surface area contributed by atoms with Gasteiger partial charge in [-0.1, -0.05) is 6.92 Å². The van der Waals surface area contributed by atoms with Crippen LogP contribution in [0.4, 0.5) is 0 Å². The van der Waals surface area contributed by atoms with Gasteiger partial charge in [0.2, 0.25) is 0 Å². The van der Waals surface area contributed by atoms with Crippen molar-refractivity contribution < 1.29 is 0 Å². The highest BCUT2D eigenvalue weighted by molar-refractivity contribution is 7.99. The van der Waals surface area contributed by atoms with Gasteiger partial charge >= 0.3 is 0 Å². The van der Waals surface area contributed by atoms with E-state index >= 15 is 0 Å². The van der Waals surface area contributed by atoms with Gasteiger partial charge in [0.1, 0.15) is 0 Å². The van der Waals surface area contributed by atoms with Gasteiger partial charge in [-0.25, -0.2) is 0 Å². The topological polar surface area (TPSA) is 24.1 Å². The van der Waals surface area contributed by atoms with Crippen molar-refractivity contribution in [3.8, 4) is 0 Å². The molecule has 1 aliphatic heterocycles. The van der Waals surface area contributed by atoms with E-state index < -0.39 is 0 Å². The Balaban J connectivity index is 1.79. The van der Waals surface area contributed by atoms with Gasteiger partial charge < -0.3 is 10.6 Å². The lowest BCUT2D eigenvalue weighted by Crippen LogP contribution is -2.24. The van der Waals surface area contributed by atoms with Crippen LogP contribution in [0, 0.1) is 5.92 Å². The third-order valence-corrected chi connectivity index (χ3v) is 4.08. The second-order valence-corrected chi connectivity index (χ2v) is 5.53. The van der Waals surface area contributed by atoms with Gasteiger partial charge in [0.05, 0.1) is 0 Å². The van der Waals surface area contributed by atoms with Crippen molar-refractivity contribution in [3.05, 3.63) is 0 Å². The summed E-state index contributed by atoms with van der Waals surface area (Å²) in [5.41, 5.74) is 0. The Morgan fingerprint density at radius 1 is 1.07 bits per heavy atom. The van der Waals surface area contributed by atoms with Gasteiger partial charge in [-0.3, -0.25) is 0 Å². The van der Waals surface area contributed by atoms with Gasteiger partial charge in [-0.05, 0) is 69.3 Å². The molecule has 2 N–H and O–H groups in total. The van der Waals surface area contributed by atoms with Crippen molar-refractivity contribution in [2.75, 3.05) is 37.7 Å². The summed E-state index contributed by atoms with van der Waals surface area (Å²) < 4.78 is 0. The molecule has 0 saturated carbocycles. The Morgan fingerprint density at radius 3 is 2.53 bits per heavy atom. The first-order chi connectivity index (χ1) is 7.43. The van der Waals surface area contributed by atoms with Crippen molar-refractivity contribution in [3.63, 3.8) is 0 Å². The third-order valence-electron chi connectivity index (χ3n) is 3.03. The van der Waals surface area contributed by atoms with Gasteiger partial charge in [0.15, 0.2) is 0 Å². The minimum absolute atomic E-state index is 1.01. The van der Waals surface area contributed by atoms with Crippen molar-refractivity contribution >= 4 is 11.8 Å². The Bertz CT molecular complexity index is 136. The summed E-state index contributed by atoms with van der Waals surface area (Å²) in [5, 5.41) is 6.89. The van der Waals surface area contributed by atoms with Crippen LogP contribution in [0.15, 0.2) is 0 Å². The van der Waals surface area contributed by atoms with Crippen LogP contribution in [-0.4, -0.2) is 37.7 Å². The Labute approximate surface area is 99.0 Å². The lowest BCUT2D eigenvalue weighted by atomic mass is 9.99. The molecule has 0 atom stereocenters. The molecule has 0 aromatic rings. The Kier molecular flexibility index (Phi) is 8.44. The second-order valence-electron chi connectivity index (χ2n) is 4.30. The Hall–Kier alpha value is 0.270. The third kappa shape index (κ3) is 7.20. The summed E-state index contributed by atoms with van der Waals surface area (Å²) in [4.78, 5) is 0. The molecule has 0 aromatic carbocycles. The Morgan fingerprint density at radius 2 is 1.80 bits per heavy atom. The van der Waals surface area contributed by atoms with Crippen molar-refractivity contribution in [2.45, 2.75) is 32.6 Å². The second kappa shape index (κ2) is 9.49. The highest BCUT2D eigenvalue weighted by atomic mass is 32.2. The number of rotatable bonds is 8. The SMILES string of the molecule is CCNCCCNCCC1CCSCC1. The monoisotopic (exact) mass is 230 g/mol. The zero-order valence-electron chi connectivity index (χ0n) is 10.1. The summed E-state index contributed by atoms with van der Waals surface area (Å²) >= 11 is 2.12. The average molecular weight is 230 g/mol. The standard InChI is InChI=1S/C12H26N2S/c1-2-13-7-3-8-14-9-4-12-5-10-15-11-6-12/h12-14H,2-11H2,1H3. The largest absolute Gasteiger partial charge is 0.317 e. The molecular weight excluding hydrogens is 204 g/mol. The zero-order chi connectivity index (χ0) is 10.8. The molecule has 0 spiro atoms. The smallest absolute Gasteiger partial charge is 0.00368 e. The molecule has 0 aromatic heterocycles. The maximum atomic E-state index is 3.54. The molecule has 0 aliphatic carbocycles. The summed E-state index contributed by atoms with van der Waals surface area (Å²) in [7, 11) is 0. The summed E-state index contributed by atoms with van der Waals surface area (Å²) in [5.74, 6) is 3.79. The van der Waals surface area contributed by atoms with Gasteiger partial charge in [0, 0.05) is 0 Å². The van der Waals surface area contributed by atoms with E-state index in [0.29, 0.717) is 0 Å². The van der Waals surface area contributed by atoms with E-state index in [0.717, 1.165) is 19.0 Å².